The molecule has 1 saturated heterocycles. The zero-order valence-corrected chi connectivity index (χ0v) is 19.2. The summed E-state index contributed by atoms with van der Waals surface area (Å²) in [6.45, 7) is 4.49. The zero-order valence-electron chi connectivity index (χ0n) is 18.4. The van der Waals surface area contributed by atoms with Crippen LogP contribution in [0.15, 0.2) is 77.7 Å². The van der Waals surface area contributed by atoms with E-state index in [0.717, 1.165) is 55.0 Å². The number of nitrogens with one attached hydrogen (secondary N) is 1. The highest BCUT2D eigenvalue weighted by atomic mass is 32.2. The molecule has 1 heterocycles. The Morgan fingerprint density at radius 1 is 1.06 bits per heavy atom. The number of nitrogens with zero attached hydrogens (tertiary/aromatic N) is 1. The smallest absolute Gasteiger partial charge is 0.228 e. The Kier molecular flexibility index (Phi) is 7.61. The number of rotatable bonds is 7. The molecule has 0 saturated carbocycles. The van der Waals surface area contributed by atoms with Crippen LogP contribution in [0.2, 0.25) is 0 Å². The van der Waals surface area contributed by atoms with Crippen molar-refractivity contribution in [3.63, 3.8) is 0 Å². The molecule has 0 radical (unpaired) electrons. The molecule has 1 unspecified atom stereocenters. The second-order valence-electron chi connectivity index (χ2n) is 8.44. The van der Waals surface area contributed by atoms with Crippen molar-refractivity contribution in [1.82, 2.24) is 4.90 Å². The molecule has 0 aromatic heterocycles. The van der Waals surface area contributed by atoms with E-state index in [2.05, 4.69) is 46.6 Å². The van der Waals surface area contributed by atoms with Crippen molar-refractivity contribution >= 4 is 23.4 Å². The van der Waals surface area contributed by atoms with Crippen LogP contribution in [0.5, 0.6) is 0 Å². The van der Waals surface area contributed by atoms with Gasteiger partial charge in [-0.2, -0.15) is 0 Å². The minimum Gasteiger partial charge on any atom is -0.326 e. The molecule has 32 heavy (non-hydrogen) atoms. The lowest BCUT2D eigenvalue weighted by Crippen LogP contribution is -2.40. The first-order valence-electron chi connectivity index (χ1n) is 11.1. The topological polar surface area (TPSA) is 32.3 Å². The molecule has 3 aromatic carbocycles. The lowest BCUT2D eigenvalue weighted by Gasteiger charge is -2.32. The number of aryl methyl sites for hydroxylation is 1. The molecular weight excluding hydrogens is 419 g/mol. The Labute approximate surface area is 194 Å². The number of carbonyl (C=O) groups is 1. The first-order chi connectivity index (χ1) is 15.6. The molecule has 5 heteroatoms. The average molecular weight is 449 g/mol. The quantitative estimate of drug-likeness (QED) is 0.432. The molecule has 1 aliphatic rings. The number of benzene rings is 3. The second kappa shape index (κ2) is 10.8. The molecule has 0 aliphatic carbocycles. The summed E-state index contributed by atoms with van der Waals surface area (Å²) in [6, 6.07) is 23.3. The summed E-state index contributed by atoms with van der Waals surface area (Å²) in [4.78, 5) is 16.5. The maximum Gasteiger partial charge on any atom is 0.228 e. The minimum absolute atomic E-state index is 0.0306. The van der Waals surface area contributed by atoms with Gasteiger partial charge in [0.15, 0.2) is 0 Å². The number of hydrogen-bond acceptors (Lipinski definition) is 3. The maximum absolute atomic E-state index is 13.2. The molecular formula is C27H29FN2OS. The van der Waals surface area contributed by atoms with Crippen molar-refractivity contribution in [2.24, 2.45) is 5.92 Å². The summed E-state index contributed by atoms with van der Waals surface area (Å²) in [7, 11) is 0. The Hall–Kier alpha value is -2.63. The number of thioether (sulfide) groups is 1. The summed E-state index contributed by atoms with van der Waals surface area (Å²) >= 11 is 1.81. The van der Waals surface area contributed by atoms with Crippen molar-refractivity contribution in [3.05, 3.63) is 95.3 Å². The number of carbonyl (C=O) groups excluding carboxylic acids is 1. The van der Waals surface area contributed by atoms with Crippen LogP contribution in [0, 0.1) is 18.7 Å². The molecule has 4 rings (SSSR count). The molecule has 1 fully saturated rings. The predicted octanol–water partition coefficient (Wildman–Crippen LogP) is 6.28. The highest BCUT2D eigenvalue weighted by Gasteiger charge is 2.26. The maximum atomic E-state index is 13.2. The van der Waals surface area contributed by atoms with Crippen LogP contribution in [0.4, 0.5) is 10.1 Å². The van der Waals surface area contributed by atoms with E-state index in [1.54, 1.807) is 0 Å². The van der Waals surface area contributed by atoms with Gasteiger partial charge in [-0.1, -0.05) is 42.5 Å². The molecule has 1 atom stereocenters. The lowest BCUT2D eigenvalue weighted by atomic mass is 9.96. The van der Waals surface area contributed by atoms with Crippen LogP contribution in [0.1, 0.15) is 29.5 Å². The summed E-state index contributed by atoms with van der Waals surface area (Å²) < 4.78 is 13.2. The van der Waals surface area contributed by atoms with Gasteiger partial charge in [0.1, 0.15) is 5.82 Å². The molecule has 166 valence electrons. The molecule has 1 N–H and O–H groups in total. The number of piperidine rings is 1. The van der Waals surface area contributed by atoms with Crippen LogP contribution in [0.25, 0.3) is 0 Å². The first-order valence-corrected chi connectivity index (χ1v) is 12.1. The van der Waals surface area contributed by atoms with Gasteiger partial charge in [0.25, 0.3) is 0 Å². The van der Waals surface area contributed by atoms with Gasteiger partial charge in [0, 0.05) is 29.4 Å². The number of amides is 1. The lowest BCUT2D eigenvalue weighted by molar-refractivity contribution is -0.121. The number of halogens is 1. The Bertz CT molecular complexity index is 1040. The van der Waals surface area contributed by atoms with Crippen molar-refractivity contribution in [2.45, 2.75) is 37.0 Å². The first kappa shape index (κ1) is 22.6. The molecule has 3 nitrogen and oxygen atoms in total. The normalized spacial score (nSPS) is 16.6. The van der Waals surface area contributed by atoms with Gasteiger partial charge in [-0.15, -0.1) is 11.8 Å². The monoisotopic (exact) mass is 448 g/mol. The van der Waals surface area contributed by atoms with Crippen LogP contribution in [-0.2, 0) is 17.1 Å². The van der Waals surface area contributed by atoms with E-state index in [-0.39, 0.29) is 17.6 Å². The summed E-state index contributed by atoms with van der Waals surface area (Å²) in [6.07, 6.45) is 1.89. The molecule has 1 amide bonds. The van der Waals surface area contributed by atoms with E-state index < -0.39 is 0 Å². The summed E-state index contributed by atoms with van der Waals surface area (Å²) in [5, 5.41) is 3.15. The van der Waals surface area contributed by atoms with Gasteiger partial charge >= 0.3 is 0 Å². The molecule has 0 spiro atoms. The van der Waals surface area contributed by atoms with Gasteiger partial charge < -0.3 is 5.32 Å². The summed E-state index contributed by atoms with van der Waals surface area (Å²) in [5.41, 5.74) is 4.30. The van der Waals surface area contributed by atoms with E-state index in [1.165, 1.54) is 22.6 Å². The number of hydrogen-bond donors (Lipinski definition) is 1. The molecule has 1 aliphatic heterocycles. The fourth-order valence-corrected chi connectivity index (χ4v) is 5.00. The van der Waals surface area contributed by atoms with Crippen molar-refractivity contribution in [2.75, 3.05) is 18.4 Å². The van der Waals surface area contributed by atoms with Crippen molar-refractivity contribution in [3.8, 4) is 0 Å². The van der Waals surface area contributed by atoms with E-state index in [0.29, 0.717) is 0 Å². The van der Waals surface area contributed by atoms with E-state index in [9.17, 15) is 9.18 Å². The highest BCUT2D eigenvalue weighted by molar-refractivity contribution is 7.98. The van der Waals surface area contributed by atoms with Crippen LogP contribution < -0.4 is 5.32 Å². The third-order valence-corrected chi connectivity index (χ3v) is 6.98. The molecule has 3 aromatic rings. The van der Waals surface area contributed by atoms with Gasteiger partial charge in [-0.05, 0) is 73.3 Å². The van der Waals surface area contributed by atoms with Gasteiger partial charge in [-0.25, -0.2) is 4.39 Å². The Morgan fingerprint density at radius 3 is 2.56 bits per heavy atom. The van der Waals surface area contributed by atoms with Gasteiger partial charge in [-0.3, -0.25) is 9.69 Å². The SMILES string of the molecule is Cc1cc(CSc2ccccc2)ccc1NC(=O)C1CCCN(Cc2ccc(F)cc2)C1. The van der Waals surface area contributed by atoms with Gasteiger partial charge in [0.2, 0.25) is 5.91 Å². The fraction of sp³-hybridized carbons (Fsp3) is 0.296. The van der Waals surface area contributed by atoms with Crippen LogP contribution >= 0.6 is 11.8 Å². The Morgan fingerprint density at radius 2 is 1.81 bits per heavy atom. The predicted molar refractivity (Wildman–Crippen MR) is 130 cm³/mol. The largest absolute Gasteiger partial charge is 0.326 e. The Balaban J connectivity index is 1.32. The van der Waals surface area contributed by atoms with E-state index >= 15 is 0 Å². The van der Waals surface area contributed by atoms with Crippen LogP contribution in [-0.4, -0.2) is 23.9 Å². The van der Waals surface area contributed by atoms with Crippen LogP contribution in [0.3, 0.4) is 0 Å². The standard InChI is InChI=1S/C27H29FN2OS/c1-20-16-22(19-32-25-7-3-2-4-8-25)11-14-26(20)29-27(31)23-6-5-15-30(18-23)17-21-9-12-24(28)13-10-21/h2-4,7-14,16,23H,5-6,15,17-19H2,1H3,(H,29,31). The number of likely N-dealkylation sites (tertiary alicyclic amines) is 1. The fourth-order valence-electron chi connectivity index (χ4n) is 4.14. The second-order valence-corrected chi connectivity index (χ2v) is 9.49. The highest BCUT2D eigenvalue weighted by Crippen LogP contribution is 2.26. The zero-order chi connectivity index (χ0) is 22.3. The third kappa shape index (κ3) is 6.21. The summed E-state index contributed by atoms with van der Waals surface area (Å²) in [5.74, 6) is 0.741. The van der Waals surface area contributed by atoms with Crippen molar-refractivity contribution in [1.29, 1.82) is 0 Å². The molecule has 0 bridgehead atoms. The van der Waals surface area contributed by atoms with E-state index in [4.69, 9.17) is 0 Å². The average Bonchev–Trinajstić information content (AvgIpc) is 2.81. The van der Waals surface area contributed by atoms with Crippen molar-refractivity contribution < 1.29 is 9.18 Å². The van der Waals surface area contributed by atoms with E-state index in [1.807, 2.05) is 43.0 Å². The third-order valence-electron chi connectivity index (χ3n) is 5.89. The minimum atomic E-state index is -0.218. The van der Waals surface area contributed by atoms with Gasteiger partial charge in [0.05, 0.1) is 5.92 Å². The number of anilines is 1.